The molecule has 0 N–H and O–H groups in total. The average Bonchev–Trinajstić information content (AvgIpc) is 3.01. The summed E-state index contributed by atoms with van der Waals surface area (Å²) in [6, 6.07) is 2.27. The number of aryl methyl sites for hydroxylation is 1. The van der Waals surface area contributed by atoms with Gasteiger partial charge < -0.3 is 4.90 Å². The van der Waals surface area contributed by atoms with E-state index in [0.717, 1.165) is 24.6 Å². The quantitative estimate of drug-likeness (QED) is 0.820. The number of fused-ring (bicyclic) bond motifs is 1. The number of carbonyl (C=O) groups is 1. The van der Waals surface area contributed by atoms with Crippen LogP contribution < -0.4 is 0 Å². The van der Waals surface area contributed by atoms with E-state index >= 15 is 0 Å². The highest BCUT2D eigenvalue weighted by Crippen LogP contribution is 2.42. The van der Waals surface area contributed by atoms with E-state index in [-0.39, 0.29) is 6.04 Å². The summed E-state index contributed by atoms with van der Waals surface area (Å²) in [6.07, 6.45) is 3.80. The lowest BCUT2D eigenvalue weighted by atomic mass is 10.1. The van der Waals surface area contributed by atoms with Crippen molar-refractivity contribution in [1.82, 2.24) is 9.88 Å². The van der Waals surface area contributed by atoms with Crippen LogP contribution in [0.5, 0.6) is 0 Å². The van der Waals surface area contributed by atoms with Crippen molar-refractivity contribution in [2.75, 3.05) is 0 Å². The minimum absolute atomic E-state index is 0.211. The highest BCUT2D eigenvalue weighted by Gasteiger charge is 2.38. The maximum absolute atomic E-state index is 12.3. The molecule has 20 heavy (non-hydrogen) atoms. The molecule has 0 radical (unpaired) electrons. The fourth-order valence-electron chi connectivity index (χ4n) is 3.02. The number of nitrogens with zero attached hydrogens (tertiary/aromatic N) is 2. The highest BCUT2D eigenvalue weighted by atomic mass is 16.2. The number of amides is 1. The Morgan fingerprint density at radius 3 is 2.60 bits per heavy atom. The fraction of sp³-hybridized carbons (Fsp3) is 0.647. The van der Waals surface area contributed by atoms with Crippen molar-refractivity contribution in [3.05, 3.63) is 29.1 Å². The molecule has 3 heteroatoms. The molecule has 1 aromatic rings. The molecule has 2 heterocycles. The van der Waals surface area contributed by atoms with Crippen molar-refractivity contribution in [3.8, 4) is 0 Å². The van der Waals surface area contributed by atoms with Crippen molar-refractivity contribution < 1.29 is 4.79 Å². The summed E-state index contributed by atoms with van der Waals surface area (Å²) in [5.41, 5.74) is 3.59. The zero-order valence-corrected chi connectivity index (χ0v) is 13.3. The van der Waals surface area contributed by atoms with Gasteiger partial charge in [-0.05, 0) is 49.3 Å². The summed E-state index contributed by atoms with van der Waals surface area (Å²) in [5.74, 6) is 1.69. The van der Waals surface area contributed by atoms with Crippen molar-refractivity contribution in [2.24, 2.45) is 11.8 Å². The third-order valence-corrected chi connectivity index (χ3v) is 4.59. The van der Waals surface area contributed by atoms with Gasteiger partial charge in [-0.15, -0.1) is 0 Å². The summed E-state index contributed by atoms with van der Waals surface area (Å²) < 4.78 is 0. The van der Waals surface area contributed by atoms with E-state index in [1.807, 2.05) is 31.9 Å². The predicted molar refractivity (Wildman–Crippen MR) is 81.2 cm³/mol. The van der Waals surface area contributed by atoms with Crippen LogP contribution in [0.2, 0.25) is 0 Å². The van der Waals surface area contributed by atoms with E-state index in [0.29, 0.717) is 11.8 Å². The molecule has 3 rings (SSSR count). The lowest BCUT2D eigenvalue weighted by Crippen LogP contribution is -2.28. The Hall–Kier alpha value is -1.38. The third kappa shape index (κ3) is 2.72. The van der Waals surface area contributed by atoms with Crippen LogP contribution in [-0.4, -0.2) is 15.8 Å². The minimum Gasteiger partial charge on any atom is -0.332 e. The van der Waals surface area contributed by atoms with E-state index in [4.69, 9.17) is 0 Å². The number of aromatic nitrogens is 1. The summed E-state index contributed by atoms with van der Waals surface area (Å²) >= 11 is 0. The number of rotatable bonds is 2. The van der Waals surface area contributed by atoms with Crippen LogP contribution in [0, 0.1) is 18.8 Å². The van der Waals surface area contributed by atoms with Gasteiger partial charge in [-0.3, -0.25) is 9.78 Å². The van der Waals surface area contributed by atoms with Crippen LogP contribution in [0.4, 0.5) is 0 Å². The molecular weight excluding hydrogens is 248 g/mol. The van der Waals surface area contributed by atoms with Gasteiger partial charge in [0.05, 0.1) is 6.04 Å². The molecule has 1 aliphatic heterocycles. The minimum atomic E-state index is 0.211. The van der Waals surface area contributed by atoms with Gasteiger partial charge in [0.2, 0.25) is 5.91 Å². The summed E-state index contributed by atoms with van der Waals surface area (Å²) in [6.45, 7) is 11.1. The molecule has 1 saturated carbocycles. The largest absolute Gasteiger partial charge is 0.332 e. The summed E-state index contributed by atoms with van der Waals surface area (Å²) in [7, 11) is 0. The first kappa shape index (κ1) is 15.0. The first-order valence-electron chi connectivity index (χ1n) is 7.81. The zero-order valence-electron chi connectivity index (χ0n) is 13.3. The van der Waals surface area contributed by atoms with Gasteiger partial charge in [0.15, 0.2) is 0 Å². The Morgan fingerprint density at radius 2 is 2.05 bits per heavy atom. The van der Waals surface area contributed by atoms with Crippen molar-refractivity contribution in [3.63, 3.8) is 0 Å². The Morgan fingerprint density at radius 1 is 1.40 bits per heavy atom. The third-order valence-electron chi connectivity index (χ3n) is 4.59. The Bertz CT molecular complexity index is 498. The first-order valence-corrected chi connectivity index (χ1v) is 7.81. The standard InChI is InChI=1S/C15H20N2O.C2H6/c1-9-6-12(9)7-15(18)17-8-14-10(2)16-5-4-13(14)11(17)3;1-2/h4-5,9,11-12H,6-8H2,1-3H3;1-2H3. The van der Waals surface area contributed by atoms with Gasteiger partial charge in [-0.1, -0.05) is 20.8 Å². The van der Waals surface area contributed by atoms with Crippen LogP contribution >= 0.6 is 0 Å². The van der Waals surface area contributed by atoms with Crippen LogP contribution in [0.15, 0.2) is 12.3 Å². The Balaban J connectivity index is 0.000000704. The number of pyridine rings is 1. The molecule has 0 saturated heterocycles. The molecule has 0 aromatic carbocycles. The van der Waals surface area contributed by atoms with Crippen LogP contribution in [0.25, 0.3) is 0 Å². The predicted octanol–water partition coefficient (Wildman–Crippen LogP) is 3.87. The molecule has 1 aromatic heterocycles. The maximum Gasteiger partial charge on any atom is 0.223 e. The van der Waals surface area contributed by atoms with Gasteiger partial charge in [-0.25, -0.2) is 0 Å². The molecule has 3 nitrogen and oxygen atoms in total. The normalized spacial score (nSPS) is 26.6. The van der Waals surface area contributed by atoms with Crippen LogP contribution in [-0.2, 0) is 11.3 Å². The molecule has 110 valence electrons. The summed E-state index contributed by atoms with van der Waals surface area (Å²) in [4.78, 5) is 18.7. The molecule has 1 amide bonds. The van der Waals surface area contributed by atoms with E-state index in [9.17, 15) is 4.79 Å². The van der Waals surface area contributed by atoms with Gasteiger partial charge in [0, 0.05) is 24.9 Å². The molecule has 3 unspecified atom stereocenters. The Kier molecular flexibility index (Phi) is 4.46. The topological polar surface area (TPSA) is 33.2 Å². The second-order valence-electron chi connectivity index (χ2n) is 5.84. The van der Waals surface area contributed by atoms with Gasteiger partial charge in [-0.2, -0.15) is 0 Å². The van der Waals surface area contributed by atoms with Crippen molar-refractivity contribution >= 4 is 5.91 Å². The van der Waals surface area contributed by atoms with E-state index in [1.54, 1.807) is 0 Å². The van der Waals surface area contributed by atoms with Gasteiger partial charge >= 0.3 is 0 Å². The lowest BCUT2D eigenvalue weighted by Gasteiger charge is -2.22. The lowest BCUT2D eigenvalue weighted by molar-refractivity contribution is -0.133. The SMILES string of the molecule is CC.Cc1nccc2c1CN(C(=O)CC1CC1C)C2C. The van der Waals surface area contributed by atoms with Crippen LogP contribution in [0.1, 0.15) is 63.4 Å². The maximum atomic E-state index is 12.3. The van der Waals surface area contributed by atoms with Crippen molar-refractivity contribution in [2.45, 2.75) is 60.0 Å². The smallest absolute Gasteiger partial charge is 0.223 e. The molecule has 0 spiro atoms. The van der Waals surface area contributed by atoms with Crippen molar-refractivity contribution in [1.29, 1.82) is 0 Å². The molecule has 1 aliphatic carbocycles. The number of carbonyl (C=O) groups excluding carboxylic acids is 1. The molecular formula is C17H26N2O. The highest BCUT2D eigenvalue weighted by molar-refractivity contribution is 5.78. The molecule has 2 aliphatic rings. The molecule has 0 bridgehead atoms. The van der Waals surface area contributed by atoms with E-state index in [1.165, 1.54) is 17.5 Å². The van der Waals surface area contributed by atoms with Gasteiger partial charge in [0.1, 0.15) is 0 Å². The summed E-state index contributed by atoms with van der Waals surface area (Å²) in [5, 5.41) is 0. The van der Waals surface area contributed by atoms with Crippen LogP contribution in [0.3, 0.4) is 0 Å². The fourth-order valence-corrected chi connectivity index (χ4v) is 3.02. The van der Waals surface area contributed by atoms with E-state index < -0.39 is 0 Å². The second kappa shape index (κ2) is 5.94. The second-order valence-corrected chi connectivity index (χ2v) is 5.84. The average molecular weight is 274 g/mol. The zero-order chi connectivity index (χ0) is 14.9. The first-order chi connectivity index (χ1) is 9.58. The Labute approximate surface area is 122 Å². The van der Waals surface area contributed by atoms with E-state index in [2.05, 4.69) is 24.9 Å². The number of hydrogen-bond acceptors (Lipinski definition) is 2. The molecule has 1 fully saturated rings. The monoisotopic (exact) mass is 274 g/mol. The number of hydrogen-bond donors (Lipinski definition) is 0. The molecule has 3 atom stereocenters. The van der Waals surface area contributed by atoms with Gasteiger partial charge in [0.25, 0.3) is 0 Å².